The van der Waals surface area contributed by atoms with E-state index in [4.69, 9.17) is 9.40 Å². The molecule has 2 aromatic heterocycles. The summed E-state index contributed by atoms with van der Waals surface area (Å²) >= 11 is 0. The number of para-hydroxylation sites is 3. The van der Waals surface area contributed by atoms with E-state index in [-0.39, 0.29) is 0 Å². The van der Waals surface area contributed by atoms with Gasteiger partial charge in [-0.15, -0.1) is 0 Å². The third-order valence-corrected chi connectivity index (χ3v) is 10.6. The van der Waals surface area contributed by atoms with Crippen LogP contribution >= 0.6 is 0 Å². The van der Waals surface area contributed by atoms with Crippen molar-refractivity contribution in [2.24, 2.45) is 0 Å². The monoisotopic (exact) mass is 662 g/mol. The molecule has 0 bridgehead atoms. The molecule has 0 spiro atoms. The summed E-state index contributed by atoms with van der Waals surface area (Å²) in [6.07, 6.45) is 0. The lowest BCUT2D eigenvalue weighted by Gasteiger charge is -2.18. The molecule has 3 heteroatoms. The lowest BCUT2D eigenvalue weighted by atomic mass is 9.85. The first-order valence-corrected chi connectivity index (χ1v) is 17.7. The van der Waals surface area contributed by atoms with Crippen LogP contribution in [0, 0.1) is 0 Å². The molecule has 0 radical (unpaired) electrons. The van der Waals surface area contributed by atoms with Crippen molar-refractivity contribution < 1.29 is 4.42 Å². The molecule has 52 heavy (non-hydrogen) atoms. The highest BCUT2D eigenvalue weighted by molar-refractivity contribution is 6.22. The summed E-state index contributed by atoms with van der Waals surface area (Å²) in [6, 6.07) is 65.0. The predicted molar refractivity (Wildman–Crippen MR) is 217 cm³/mol. The highest BCUT2D eigenvalue weighted by Crippen LogP contribution is 2.45. The third-order valence-electron chi connectivity index (χ3n) is 10.6. The average molecular weight is 663 g/mol. The van der Waals surface area contributed by atoms with E-state index < -0.39 is 0 Å². The summed E-state index contributed by atoms with van der Waals surface area (Å²) in [4.78, 5) is 5.11. The molecule has 0 amide bonds. The molecule has 0 aliphatic rings. The number of benzene rings is 9. The molecule has 0 saturated carbocycles. The first kappa shape index (κ1) is 28.8. The maximum absolute atomic E-state index is 6.39. The Balaban J connectivity index is 1.10. The fraction of sp³-hybridized carbons (Fsp3) is 0. The van der Waals surface area contributed by atoms with Gasteiger partial charge in [0.1, 0.15) is 17.0 Å². The number of furan rings is 1. The van der Waals surface area contributed by atoms with Gasteiger partial charge in [0.25, 0.3) is 0 Å². The van der Waals surface area contributed by atoms with Gasteiger partial charge in [-0.25, -0.2) is 4.98 Å². The van der Waals surface area contributed by atoms with Crippen LogP contribution in [0.2, 0.25) is 0 Å². The number of nitrogens with zero attached hydrogens (tertiary/aromatic N) is 2. The molecule has 3 nitrogen and oxygen atoms in total. The van der Waals surface area contributed by atoms with Gasteiger partial charge in [0, 0.05) is 22.0 Å². The second-order valence-corrected chi connectivity index (χ2v) is 13.5. The molecule has 11 aromatic rings. The standard InChI is InChI=1S/C49H30N2O/c1-2-14-36(15-3-1)51-44-21-11-10-20-43(44)50-49(51)32-24-22-31(23-25-32)47-37-16-6-8-18-39(37)48(40-19-9-7-17-38(40)47)35-26-27-45-41(29-35)42-28-33-12-4-5-13-34(33)30-46(42)52-45/h1-30H. The van der Waals surface area contributed by atoms with Crippen molar-refractivity contribution in [3.63, 3.8) is 0 Å². The molecule has 0 unspecified atom stereocenters. The summed E-state index contributed by atoms with van der Waals surface area (Å²) in [5.74, 6) is 0.930. The molecule has 0 aliphatic heterocycles. The van der Waals surface area contributed by atoms with Crippen molar-refractivity contribution in [2.45, 2.75) is 0 Å². The van der Waals surface area contributed by atoms with E-state index in [9.17, 15) is 0 Å². The Morgan fingerprint density at radius 2 is 0.923 bits per heavy atom. The third kappa shape index (κ3) is 4.36. The van der Waals surface area contributed by atoms with Gasteiger partial charge in [0.2, 0.25) is 0 Å². The fourth-order valence-corrected chi connectivity index (χ4v) is 8.21. The quantitative estimate of drug-likeness (QED) is 0.176. The van der Waals surface area contributed by atoms with E-state index in [0.717, 1.165) is 50.0 Å². The Kier molecular flexibility index (Phi) is 6.25. The number of hydrogen-bond acceptors (Lipinski definition) is 2. The van der Waals surface area contributed by atoms with Crippen LogP contribution in [0.1, 0.15) is 0 Å². The van der Waals surface area contributed by atoms with Crippen LogP contribution in [0.4, 0.5) is 0 Å². The van der Waals surface area contributed by atoms with Crippen molar-refractivity contribution >= 4 is 65.3 Å². The summed E-state index contributed by atoms with van der Waals surface area (Å²) in [7, 11) is 0. The molecule has 242 valence electrons. The summed E-state index contributed by atoms with van der Waals surface area (Å²) in [5, 5.41) is 9.57. The van der Waals surface area contributed by atoms with Crippen molar-refractivity contribution in [3.8, 4) is 39.3 Å². The Bertz CT molecular complexity index is 3110. The minimum Gasteiger partial charge on any atom is -0.456 e. The Labute approximate surface area is 299 Å². The average Bonchev–Trinajstić information content (AvgIpc) is 3.77. The van der Waals surface area contributed by atoms with Crippen molar-refractivity contribution in [2.75, 3.05) is 0 Å². The lowest BCUT2D eigenvalue weighted by molar-refractivity contribution is 0.669. The zero-order valence-corrected chi connectivity index (χ0v) is 28.1. The van der Waals surface area contributed by atoms with Gasteiger partial charge in [-0.1, -0.05) is 133 Å². The Hall–Kier alpha value is -6.97. The first-order chi connectivity index (χ1) is 25.8. The van der Waals surface area contributed by atoms with E-state index in [2.05, 4.69) is 187 Å². The number of hydrogen-bond donors (Lipinski definition) is 0. The molecule has 9 aromatic carbocycles. The topological polar surface area (TPSA) is 31.0 Å². The Morgan fingerprint density at radius 3 is 1.63 bits per heavy atom. The van der Waals surface area contributed by atoms with Crippen molar-refractivity contribution in [3.05, 3.63) is 182 Å². The molecule has 0 atom stereocenters. The SMILES string of the molecule is c1ccc(-n2c(-c3ccc(-c4c5ccccc5c(-c5ccc6oc7cc8ccccc8cc7c6c5)c5ccccc45)cc3)nc3ccccc32)cc1. The second kappa shape index (κ2) is 11.3. The molecule has 2 heterocycles. The fourth-order valence-electron chi connectivity index (χ4n) is 8.21. The van der Waals surface area contributed by atoms with Gasteiger partial charge in [-0.05, 0) is 103 Å². The smallest absolute Gasteiger partial charge is 0.145 e. The lowest BCUT2D eigenvalue weighted by Crippen LogP contribution is -1.97. The molecule has 0 N–H and O–H groups in total. The van der Waals surface area contributed by atoms with Crippen molar-refractivity contribution in [1.29, 1.82) is 0 Å². The maximum atomic E-state index is 6.39. The van der Waals surface area contributed by atoms with Gasteiger partial charge in [-0.3, -0.25) is 4.57 Å². The number of imidazole rings is 1. The molecule has 0 fully saturated rings. The van der Waals surface area contributed by atoms with Gasteiger partial charge >= 0.3 is 0 Å². The minimum atomic E-state index is 0.903. The zero-order chi connectivity index (χ0) is 34.2. The Morgan fingerprint density at radius 1 is 0.385 bits per heavy atom. The van der Waals surface area contributed by atoms with E-state index in [0.29, 0.717) is 0 Å². The second-order valence-electron chi connectivity index (χ2n) is 13.5. The highest BCUT2D eigenvalue weighted by atomic mass is 16.3. The van der Waals surface area contributed by atoms with Crippen LogP contribution in [0.15, 0.2) is 186 Å². The molecular weight excluding hydrogens is 633 g/mol. The summed E-state index contributed by atoms with van der Waals surface area (Å²) in [5.41, 5.74) is 10.9. The van der Waals surface area contributed by atoms with Gasteiger partial charge in [-0.2, -0.15) is 0 Å². The van der Waals surface area contributed by atoms with Crippen LogP contribution in [-0.4, -0.2) is 9.55 Å². The summed E-state index contributed by atoms with van der Waals surface area (Å²) in [6.45, 7) is 0. The van der Waals surface area contributed by atoms with E-state index in [1.807, 2.05) is 0 Å². The molecular formula is C49H30N2O. The summed E-state index contributed by atoms with van der Waals surface area (Å²) < 4.78 is 8.64. The largest absolute Gasteiger partial charge is 0.456 e. The number of rotatable bonds is 4. The highest BCUT2D eigenvalue weighted by Gasteiger charge is 2.19. The molecule has 11 rings (SSSR count). The molecule has 0 saturated heterocycles. The van der Waals surface area contributed by atoms with Gasteiger partial charge in [0.05, 0.1) is 11.0 Å². The zero-order valence-electron chi connectivity index (χ0n) is 28.1. The minimum absolute atomic E-state index is 0.903. The van der Waals surface area contributed by atoms with E-state index in [1.165, 1.54) is 54.6 Å². The van der Waals surface area contributed by atoms with E-state index >= 15 is 0 Å². The van der Waals surface area contributed by atoms with Crippen LogP contribution in [0.3, 0.4) is 0 Å². The van der Waals surface area contributed by atoms with Crippen LogP contribution in [0.25, 0.3) is 105 Å². The van der Waals surface area contributed by atoms with Crippen LogP contribution in [0.5, 0.6) is 0 Å². The van der Waals surface area contributed by atoms with Crippen LogP contribution < -0.4 is 0 Å². The van der Waals surface area contributed by atoms with Gasteiger partial charge in [0.15, 0.2) is 0 Å². The predicted octanol–water partition coefficient (Wildman–Crippen LogP) is 13.4. The maximum Gasteiger partial charge on any atom is 0.145 e. The van der Waals surface area contributed by atoms with Crippen LogP contribution in [-0.2, 0) is 0 Å². The first-order valence-electron chi connectivity index (χ1n) is 17.7. The number of aromatic nitrogens is 2. The molecule has 0 aliphatic carbocycles. The van der Waals surface area contributed by atoms with E-state index in [1.54, 1.807) is 0 Å². The number of fused-ring (bicyclic) bond motifs is 7. The normalized spacial score (nSPS) is 11.8. The van der Waals surface area contributed by atoms with Gasteiger partial charge < -0.3 is 4.42 Å². The van der Waals surface area contributed by atoms with Crippen molar-refractivity contribution in [1.82, 2.24) is 9.55 Å².